The highest BCUT2D eigenvalue weighted by Crippen LogP contribution is 2.07. The van der Waals surface area contributed by atoms with E-state index in [1.165, 1.54) is 7.11 Å². The zero-order chi connectivity index (χ0) is 8.97. The summed E-state index contributed by atoms with van der Waals surface area (Å²) in [6.45, 7) is 0. The molecule has 1 heterocycles. The van der Waals surface area contributed by atoms with Gasteiger partial charge in [-0.2, -0.15) is 0 Å². The molecule has 4 heteroatoms. The summed E-state index contributed by atoms with van der Waals surface area (Å²) in [5.74, 6) is 0.0672. The van der Waals surface area contributed by atoms with Crippen LogP contribution in [0.5, 0.6) is 0 Å². The lowest BCUT2D eigenvalue weighted by atomic mass is 10.2. The third kappa shape index (κ3) is 1.95. The van der Waals surface area contributed by atoms with Crippen LogP contribution in [0, 0.1) is 0 Å². The number of rotatable bonds is 2. The molecule has 1 aromatic heterocycles. The number of carbonyl (C=O) groups is 1. The number of nitrogen functional groups attached to an aromatic ring is 1. The van der Waals surface area contributed by atoms with Gasteiger partial charge in [0.1, 0.15) is 5.82 Å². The molecule has 0 saturated heterocycles. The van der Waals surface area contributed by atoms with Crippen LogP contribution in [0.15, 0.2) is 18.3 Å². The van der Waals surface area contributed by atoms with E-state index in [0.717, 1.165) is 0 Å². The summed E-state index contributed by atoms with van der Waals surface area (Å²) < 4.78 is 4.49. The Morgan fingerprint density at radius 1 is 1.75 bits per heavy atom. The Kier molecular flexibility index (Phi) is 2.63. The topological polar surface area (TPSA) is 65.2 Å². The molecule has 0 bridgehead atoms. The average Bonchev–Trinajstić information content (AvgIpc) is 2.09. The molecule has 0 aliphatic carbocycles. The molecule has 0 amide bonds. The van der Waals surface area contributed by atoms with Crippen molar-refractivity contribution in [3.05, 3.63) is 23.9 Å². The number of nitrogens with two attached hydrogens (primary N) is 1. The second-order valence-electron chi connectivity index (χ2n) is 2.30. The molecule has 64 valence electrons. The summed E-state index contributed by atoms with van der Waals surface area (Å²) in [6.07, 6.45) is 1.76. The van der Waals surface area contributed by atoms with Gasteiger partial charge in [-0.05, 0) is 6.07 Å². The van der Waals surface area contributed by atoms with Gasteiger partial charge in [0.2, 0.25) is 0 Å². The van der Waals surface area contributed by atoms with Gasteiger partial charge in [0.05, 0.1) is 13.5 Å². The van der Waals surface area contributed by atoms with Crippen molar-refractivity contribution in [3.8, 4) is 0 Å². The lowest BCUT2D eigenvalue weighted by molar-refractivity contribution is -0.139. The zero-order valence-corrected chi connectivity index (χ0v) is 6.78. The average molecular weight is 166 g/mol. The van der Waals surface area contributed by atoms with Gasteiger partial charge in [-0.15, -0.1) is 0 Å². The number of aromatic nitrogens is 1. The van der Waals surface area contributed by atoms with Crippen LogP contribution in [-0.2, 0) is 16.0 Å². The maximum Gasteiger partial charge on any atom is 0.310 e. The molecule has 0 spiro atoms. The minimum atomic E-state index is -0.310. The number of hydrogen-bond donors (Lipinski definition) is 1. The number of methoxy groups -OCH3 is 1. The largest absolute Gasteiger partial charge is 0.469 e. The van der Waals surface area contributed by atoms with Gasteiger partial charge in [0, 0.05) is 11.8 Å². The fraction of sp³-hybridized carbons (Fsp3) is 0.250. The number of ether oxygens (including phenoxy) is 1. The molecule has 0 aliphatic heterocycles. The van der Waals surface area contributed by atoms with Crippen molar-refractivity contribution in [3.63, 3.8) is 0 Å². The summed E-state index contributed by atoms with van der Waals surface area (Å²) in [4.78, 5) is 14.7. The smallest absolute Gasteiger partial charge is 0.310 e. The second kappa shape index (κ2) is 3.71. The molecule has 0 atom stereocenters. The maximum absolute atomic E-state index is 10.8. The van der Waals surface area contributed by atoms with Crippen LogP contribution >= 0.6 is 0 Å². The Labute approximate surface area is 70.4 Å². The first-order chi connectivity index (χ1) is 5.74. The number of carbonyl (C=O) groups excluding carboxylic acids is 1. The third-order valence-electron chi connectivity index (χ3n) is 1.49. The quantitative estimate of drug-likeness (QED) is 0.645. The number of pyridine rings is 1. The summed E-state index contributed by atoms with van der Waals surface area (Å²) in [6, 6.07) is 3.48. The lowest BCUT2D eigenvalue weighted by Crippen LogP contribution is -2.07. The van der Waals surface area contributed by atoms with Crippen LogP contribution in [0.1, 0.15) is 5.56 Å². The molecular formula is C8H10N2O2. The van der Waals surface area contributed by atoms with Crippen LogP contribution in [0.25, 0.3) is 0 Å². The molecule has 1 rings (SSSR count). The van der Waals surface area contributed by atoms with E-state index < -0.39 is 0 Å². The summed E-state index contributed by atoms with van der Waals surface area (Å²) in [5, 5.41) is 0. The van der Waals surface area contributed by atoms with E-state index in [4.69, 9.17) is 5.73 Å². The monoisotopic (exact) mass is 166 g/mol. The molecule has 1 aromatic rings. The van der Waals surface area contributed by atoms with Gasteiger partial charge in [-0.3, -0.25) is 4.79 Å². The molecule has 0 aromatic carbocycles. The maximum atomic E-state index is 10.8. The first-order valence-corrected chi connectivity index (χ1v) is 3.50. The molecular weight excluding hydrogens is 156 g/mol. The van der Waals surface area contributed by atoms with Crippen molar-refractivity contribution in [1.29, 1.82) is 0 Å². The molecule has 0 radical (unpaired) electrons. The molecule has 2 N–H and O–H groups in total. The van der Waals surface area contributed by atoms with Gasteiger partial charge in [0.25, 0.3) is 0 Å². The first kappa shape index (κ1) is 8.52. The second-order valence-corrected chi connectivity index (χ2v) is 2.30. The fourth-order valence-corrected chi connectivity index (χ4v) is 0.828. The molecule has 0 unspecified atom stereocenters. The number of hydrogen-bond acceptors (Lipinski definition) is 4. The van der Waals surface area contributed by atoms with E-state index in [1.54, 1.807) is 18.3 Å². The van der Waals surface area contributed by atoms with E-state index in [1.807, 2.05) is 0 Å². The normalized spacial score (nSPS) is 9.42. The van der Waals surface area contributed by atoms with Crippen molar-refractivity contribution in [2.24, 2.45) is 0 Å². The summed E-state index contributed by atoms with van der Waals surface area (Å²) in [5.41, 5.74) is 6.20. The standard InChI is InChI=1S/C8H10N2O2/c1-12-7(11)5-6-3-2-4-10-8(6)9/h2-4H,5H2,1H3,(H2,9,10). The van der Waals surface area contributed by atoms with Crippen molar-refractivity contribution >= 4 is 11.8 Å². The summed E-state index contributed by atoms with van der Waals surface area (Å²) in [7, 11) is 1.34. The minimum Gasteiger partial charge on any atom is -0.469 e. The number of nitrogens with zero attached hydrogens (tertiary/aromatic N) is 1. The van der Waals surface area contributed by atoms with Crippen LogP contribution in [0.4, 0.5) is 5.82 Å². The van der Waals surface area contributed by atoms with E-state index in [-0.39, 0.29) is 12.4 Å². The van der Waals surface area contributed by atoms with E-state index in [2.05, 4.69) is 9.72 Å². The molecule has 0 saturated carbocycles. The Morgan fingerprint density at radius 3 is 3.08 bits per heavy atom. The summed E-state index contributed by atoms with van der Waals surface area (Å²) >= 11 is 0. The van der Waals surface area contributed by atoms with Gasteiger partial charge in [-0.1, -0.05) is 6.07 Å². The van der Waals surface area contributed by atoms with Gasteiger partial charge in [0.15, 0.2) is 0 Å². The lowest BCUT2D eigenvalue weighted by Gasteiger charge is -2.01. The minimum absolute atomic E-state index is 0.177. The van der Waals surface area contributed by atoms with Crippen LogP contribution in [0.3, 0.4) is 0 Å². The highest BCUT2D eigenvalue weighted by molar-refractivity contribution is 5.73. The Hall–Kier alpha value is -1.58. The molecule has 4 nitrogen and oxygen atoms in total. The van der Waals surface area contributed by atoms with E-state index in [9.17, 15) is 4.79 Å². The Morgan fingerprint density at radius 2 is 2.50 bits per heavy atom. The fourth-order valence-electron chi connectivity index (χ4n) is 0.828. The van der Waals surface area contributed by atoms with Gasteiger partial charge >= 0.3 is 5.97 Å². The Bertz CT molecular complexity index is 286. The van der Waals surface area contributed by atoms with E-state index in [0.29, 0.717) is 11.4 Å². The predicted octanol–water partition coefficient (Wildman–Crippen LogP) is 0.379. The molecule has 0 fully saturated rings. The number of esters is 1. The number of anilines is 1. The van der Waals surface area contributed by atoms with Crippen LogP contribution in [-0.4, -0.2) is 18.1 Å². The SMILES string of the molecule is COC(=O)Cc1cccnc1N. The predicted molar refractivity (Wildman–Crippen MR) is 44.4 cm³/mol. The Balaban J connectivity index is 2.75. The van der Waals surface area contributed by atoms with Crippen molar-refractivity contribution in [2.75, 3.05) is 12.8 Å². The highest BCUT2D eigenvalue weighted by atomic mass is 16.5. The molecule has 12 heavy (non-hydrogen) atoms. The molecule has 0 aliphatic rings. The zero-order valence-electron chi connectivity index (χ0n) is 6.78. The first-order valence-electron chi connectivity index (χ1n) is 3.50. The van der Waals surface area contributed by atoms with Crippen molar-refractivity contribution in [2.45, 2.75) is 6.42 Å². The van der Waals surface area contributed by atoms with Gasteiger partial charge in [-0.25, -0.2) is 4.98 Å². The van der Waals surface area contributed by atoms with E-state index >= 15 is 0 Å². The van der Waals surface area contributed by atoms with Crippen molar-refractivity contribution < 1.29 is 9.53 Å². The van der Waals surface area contributed by atoms with Crippen molar-refractivity contribution in [1.82, 2.24) is 4.98 Å². The highest BCUT2D eigenvalue weighted by Gasteiger charge is 2.05. The third-order valence-corrected chi connectivity index (χ3v) is 1.49. The van der Waals surface area contributed by atoms with Crippen LogP contribution in [0.2, 0.25) is 0 Å². The van der Waals surface area contributed by atoms with Crippen LogP contribution < -0.4 is 5.73 Å². The van der Waals surface area contributed by atoms with Gasteiger partial charge < -0.3 is 10.5 Å².